The van der Waals surface area contributed by atoms with E-state index in [2.05, 4.69) is 4.98 Å². The molecule has 0 aliphatic carbocycles. The van der Waals surface area contributed by atoms with Crippen molar-refractivity contribution in [2.45, 2.75) is 18.9 Å². The number of hydrogen-bond acceptors (Lipinski definition) is 4. The number of nitrogens with zero attached hydrogens (tertiary/aromatic N) is 1. The summed E-state index contributed by atoms with van der Waals surface area (Å²) in [6.07, 6.45) is 2.27. The van der Waals surface area contributed by atoms with Gasteiger partial charge in [-0.15, -0.1) is 0 Å². The second-order valence-corrected chi connectivity index (χ2v) is 5.44. The lowest BCUT2D eigenvalue weighted by molar-refractivity contribution is 0.176. The van der Waals surface area contributed by atoms with Gasteiger partial charge >= 0.3 is 0 Å². The molecule has 1 aliphatic heterocycles. The van der Waals surface area contributed by atoms with Crippen molar-refractivity contribution < 1.29 is 14.6 Å². The topological polar surface area (TPSA) is 51.6 Å². The Morgan fingerprint density at radius 1 is 1.43 bits per heavy atom. The van der Waals surface area contributed by atoms with Gasteiger partial charge in [-0.3, -0.25) is 0 Å². The van der Waals surface area contributed by atoms with E-state index in [4.69, 9.17) is 21.1 Å². The summed E-state index contributed by atoms with van der Waals surface area (Å²) >= 11 is 6.13. The molecule has 1 atom stereocenters. The third-order valence-electron chi connectivity index (χ3n) is 3.59. The molecule has 1 aliphatic rings. The summed E-state index contributed by atoms with van der Waals surface area (Å²) in [7, 11) is 1.56. The van der Waals surface area contributed by atoms with Crippen LogP contribution in [-0.2, 0) is 12.8 Å². The molecule has 4 nitrogen and oxygen atoms in total. The Labute approximate surface area is 128 Å². The first-order valence-corrected chi connectivity index (χ1v) is 7.17. The molecular formula is C16H16ClNO3. The molecule has 0 bridgehead atoms. The summed E-state index contributed by atoms with van der Waals surface area (Å²) in [4.78, 5) is 4.11. The second kappa shape index (κ2) is 5.92. The van der Waals surface area contributed by atoms with Crippen LogP contribution >= 0.6 is 11.6 Å². The van der Waals surface area contributed by atoms with E-state index < -0.39 is 6.10 Å². The van der Waals surface area contributed by atoms with Gasteiger partial charge in [0.15, 0.2) is 0 Å². The fraction of sp³-hybridized carbons (Fsp3) is 0.312. The number of aliphatic hydroxyl groups is 1. The highest BCUT2D eigenvalue weighted by Crippen LogP contribution is 2.35. The zero-order valence-electron chi connectivity index (χ0n) is 11.7. The molecule has 0 radical (unpaired) electrons. The predicted molar refractivity (Wildman–Crippen MR) is 80.1 cm³/mol. The molecule has 21 heavy (non-hydrogen) atoms. The number of aromatic nitrogens is 1. The predicted octanol–water partition coefficient (Wildman–Crippen LogP) is 2.95. The lowest BCUT2D eigenvalue weighted by Crippen LogP contribution is -2.04. The summed E-state index contributed by atoms with van der Waals surface area (Å²) in [5.41, 5.74) is 2.78. The van der Waals surface area contributed by atoms with E-state index >= 15 is 0 Å². The molecular weight excluding hydrogens is 290 g/mol. The highest BCUT2D eigenvalue weighted by molar-refractivity contribution is 6.30. The molecule has 2 aromatic rings. The molecule has 110 valence electrons. The first kappa shape index (κ1) is 14.2. The quantitative estimate of drug-likeness (QED) is 0.943. The maximum absolute atomic E-state index is 10.4. The van der Waals surface area contributed by atoms with Gasteiger partial charge in [0.2, 0.25) is 5.88 Å². The lowest BCUT2D eigenvalue weighted by Gasteiger charge is -2.14. The highest BCUT2D eigenvalue weighted by atomic mass is 35.5. The molecule has 5 heteroatoms. The van der Waals surface area contributed by atoms with Crippen LogP contribution in [0.5, 0.6) is 11.6 Å². The van der Waals surface area contributed by atoms with Crippen LogP contribution in [0.25, 0.3) is 0 Å². The zero-order valence-corrected chi connectivity index (χ0v) is 12.4. The van der Waals surface area contributed by atoms with Gasteiger partial charge in [-0.25, -0.2) is 4.98 Å². The molecule has 0 spiro atoms. The van der Waals surface area contributed by atoms with E-state index in [0.717, 1.165) is 28.9 Å². The van der Waals surface area contributed by atoms with E-state index in [1.165, 1.54) is 0 Å². The number of benzene rings is 1. The Balaban J connectivity index is 1.82. The smallest absolute Gasteiger partial charge is 0.212 e. The maximum atomic E-state index is 10.4. The van der Waals surface area contributed by atoms with Gasteiger partial charge in [0.25, 0.3) is 0 Å². The van der Waals surface area contributed by atoms with E-state index in [1.54, 1.807) is 19.4 Å². The largest absolute Gasteiger partial charge is 0.493 e. The number of rotatable bonds is 4. The number of methoxy groups -OCH3 is 1. The summed E-state index contributed by atoms with van der Waals surface area (Å²) < 4.78 is 10.7. The Morgan fingerprint density at radius 3 is 3.00 bits per heavy atom. The molecule has 0 amide bonds. The van der Waals surface area contributed by atoms with E-state index in [0.29, 0.717) is 23.9 Å². The minimum atomic E-state index is -0.657. The van der Waals surface area contributed by atoms with Crippen LogP contribution < -0.4 is 9.47 Å². The van der Waals surface area contributed by atoms with Crippen LogP contribution in [0.4, 0.5) is 0 Å². The molecule has 3 rings (SSSR count). The van der Waals surface area contributed by atoms with Gasteiger partial charge in [-0.2, -0.15) is 0 Å². The van der Waals surface area contributed by atoms with Crippen LogP contribution in [0.2, 0.25) is 5.02 Å². The van der Waals surface area contributed by atoms with Gasteiger partial charge in [-0.1, -0.05) is 11.6 Å². The Bertz CT molecular complexity index is 643. The molecule has 0 saturated heterocycles. The number of halogens is 1. The molecule has 1 aromatic carbocycles. The van der Waals surface area contributed by atoms with Crippen molar-refractivity contribution in [3.05, 3.63) is 52.2 Å². The molecule has 1 aromatic heterocycles. The Kier molecular flexibility index (Phi) is 3.99. The number of hydrogen-bond donors (Lipinski definition) is 1. The van der Waals surface area contributed by atoms with Crippen molar-refractivity contribution in [3.63, 3.8) is 0 Å². The van der Waals surface area contributed by atoms with Crippen LogP contribution in [0, 0.1) is 0 Å². The normalized spacial score (nSPS) is 14.4. The van der Waals surface area contributed by atoms with Crippen molar-refractivity contribution in [2.24, 2.45) is 0 Å². The van der Waals surface area contributed by atoms with Crippen molar-refractivity contribution >= 4 is 11.6 Å². The SMILES string of the molecule is COc1ccc(C(O)Cc2cc(Cl)cc3c2OCC3)cn1. The van der Waals surface area contributed by atoms with E-state index in [1.807, 2.05) is 18.2 Å². The van der Waals surface area contributed by atoms with Gasteiger partial charge in [0.05, 0.1) is 19.8 Å². The van der Waals surface area contributed by atoms with Crippen LogP contribution in [0.15, 0.2) is 30.5 Å². The third-order valence-corrected chi connectivity index (χ3v) is 3.81. The fourth-order valence-corrected chi connectivity index (χ4v) is 2.80. The average molecular weight is 306 g/mol. The number of pyridine rings is 1. The third kappa shape index (κ3) is 2.96. The van der Waals surface area contributed by atoms with Crippen molar-refractivity contribution in [3.8, 4) is 11.6 Å². The van der Waals surface area contributed by atoms with Crippen LogP contribution in [0.3, 0.4) is 0 Å². The van der Waals surface area contributed by atoms with Gasteiger partial charge in [0, 0.05) is 30.1 Å². The minimum Gasteiger partial charge on any atom is -0.493 e. The molecule has 0 fully saturated rings. The molecule has 1 N–H and O–H groups in total. The summed E-state index contributed by atoms with van der Waals surface area (Å²) in [5, 5.41) is 11.1. The minimum absolute atomic E-state index is 0.441. The first-order valence-electron chi connectivity index (χ1n) is 6.79. The monoisotopic (exact) mass is 305 g/mol. The van der Waals surface area contributed by atoms with Gasteiger partial charge in [0.1, 0.15) is 5.75 Å². The number of fused-ring (bicyclic) bond motifs is 1. The van der Waals surface area contributed by atoms with Crippen molar-refractivity contribution in [1.82, 2.24) is 4.98 Å². The zero-order chi connectivity index (χ0) is 14.8. The maximum Gasteiger partial charge on any atom is 0.212 e. The summed E-state index contributed by atoms with van der Waals surface area (Å²) in [6, 6.07) is 7.32. The van der Waals surface area contributed by atoms with Crippen molar-refractivity contribution in [2.75, 3.05) is 13.7 Å². The summed E-state index contributed by atoms with van der Waals surface area (Å²) in [5.74, 6) is 1.39. The standard InChI is InChI=1S/C16H16ClNO3/c1-20-15-3-2-11(9-18-15)14(19)8-12-7-13(17)6-10-4-5-21-16(10)12/h2-3,6-7,9,14,19H,4-5,8H2,1H3. The number of ether oxygens (including phenoxy) is 2. The fourth-order valence-electron chi connectivity index (χ4n) is 2.53. The Hall–Kier alpha value is -1.78. The van der Waals surface area contributed by atoms with E-state index in [9.17, 15) is 5.11 Å². The van der Waals surface area contributed by atoms with E-state index in [-0.39, 0.29) is 0 Å². The van der Waals surface area contributed by atoms with Gasteiger partial charge < -0.3 is 14.6 Å². The van der Waals surface area contributed by atoms with Crippen LogP contribution in [0.1, 0.15) is 22.8 Å². The lowest BCUT2D eigenvalue weighted by atomic mass is 9.99. The molecule has 2 heterocycles. The number of aliphatic hydroxyl groups excluding tert-OH is 1. The summed E-state index contributed by atoms with van der Waals surface area (Å²) in [6.45, 7) is 0.670. The van der Waals surface area contributed by atoms with Gasteiger partial charge in [-0.05, 0) is 34.9 Å². The Morgan fingerprint density at radius 2 is 2.29 bits per heavy atom. The first-order chi connectivity index (χ1) is 10.2. The van der Waals surface area contributed by atoms with Crippen molar-refractivity contribution in [1.29, 1.82) is 0 Å². The second-order valence-electron chi connectivity index (χ2n) is 5.01. The molecule has 0 saturated carbocycles. The van der Waals surface area contributed by atoms with Crippen LogP contribution in [-0.4, -0.2) is 23.8 Å². The average Bonchev–Trinajstić information content (AvgIpc) is 2.95. The highest BCUT2D eigenvalue weighted by Gasteiger charge is 2.20. The molecule has 1 unspecified atom stereocenters.